The number of rotatable bonds is 3. The third-order valence-corrected chi connectivity index (χ3v) is 1.95. The lowest BCUT2D eigenvalue weighted by molar-refractivity contribution is 0.0689. The average molecular weight is 203 g/mol. The number of carbonyl (C=O) groups is 1. The molecule has 0 aliphatic carbocycles. The Balaban J connectivity index is 2.15. The van der Waals surface area contributed by atoms with Gasteiger partial charge in [-0.15, -0.1) is 0 Å². The van der Waals surface area contributed by atoms with Gasteiger partial charge in [0.25, 0.3) is 0 Å². The fourth-order valence-electron chi connectivity index (χ4n) is 1.24. The van der Waals surface area contributed by atoms with Gasteiger partial charge in [0, 0.05) is 18.6 Å². The van der Waals surface area contributed by atoms with Gasteiger partial charge in [0.1, 0.15) is 0 Å². The summed E-state index contributed by atoms with van der Waals surface area (Å²) in [7, 11) is 0. The van der Waals surface area contributed by atoms with E-state index in [1.807, 2.05) is 12.1 Å². The van der Waals surface area contributed by atoms with Crippen molar-refractivity contribution in [2.24, 2.45) is 0 Å². The van der Waals surface area contributed by atoms with Gasteiger partial charge in [0.2, 0.25) is 0 Å². The van der Waals surface area contributed by atoms with Crippen LogP contribution in [0.5, 0.6) is 0 Å². The van der Waals surface area contributed by atoms with Crippen LogP contribution >= 0.6 is 0 Å². The van der Waals surface area contributed by atoms with Gasteiger partial charge in [-0.3, -0.25) is 9.67 Å². The zero-order valence-electron chi connectivity index (χ0n) is 7.87. The van der Waals surface area contributed by atoms with Crippen molar-refractivity contribution in [1.29, 1.82) is 0 Å². The lowest BCUT2D eigenvalue weighted by atomic mass is 10.3. The third kappa shape index (κ3) is 2.19. The van der Waals surface area contributed by atoms with E-state index < -0.39 is 5.97 Å². The molecule has 0 radical (unpaired) electrons. The highest BCUT2D eigenvalue weighted by molar-refractivity contribution is 5.85. The molecule has 2 rings (SSSR count). The number of hydrogen-bond acceptors (Lipinski definition) is 3. The van der Waals surface area contributed by atoms with E-state index >= 15 is 0 Å². The maximum absolute atomic E-state index is 10.6. The van der Waals surface area contributed by atoms with E-state index in [4.69, 9.17) is 5.11 Å². The summed E-state index contributed by atoms with van der Waals surface area (Å²) in [5.74, 6) is -1.01. The molecule has 0 unspecified atom stereocenters. The van der Waals surface area contributed by atoms with Gasteiger partial charge in [0.15, 0.2) is 5.69 Å². The van der Waals surface area contributed by atoms with Crippen molar-refractivity contribution in [3.8, 4) is 0 Å². The molecule has 5 heteroatoms. The first kappa shape index (κ1) is 9.39. The molecule has 0 amide bonds. The minimum Gasteiger partial charge on any atom is -0.476 e. The van der Waals surface area contributed by atoms with Gasteiger partial charge in [-0.25, -0.2) is 4.79 Å². The summed E-state index contributed by atoms with van der Waals surface area (Å²) in [6.07, 6.45) is 5.03. The van der Waals surface area contributed by atoms with Crippen molar-refractivity contribution < 1.29 is 9.90 Å². The van der Waals surface area contributed by atoms with Crippen molar-refractivity contribution in [2.45, 2.75) is 6.54 Å². The zero-order chi connectivity index (χ0) is 10.7. The number of pyridine rings is 1. The van der Waals surface area contributed by atoms with Gasteiger partial charge in [0.05, 0.1) is 6.54 Å². The van der Waals surface area contributed by atoms with Crippen molar-refractivity contribution in [1.82, 2.24) is 14.8 Å². The van der Waals surface area contributed by atoms with Gasteiger partial charge in [-0.2, -0.15) is 5.10 Å². The summed E-state index contributed by atoms with van der Waals surface area (Å²) in [5.41, 5.74) is 1.09. The Morgan fingerprint density at radius 1 is 1.33 bits per heavy atom. The summed E-state index contributed by atoms with van der Waals surface area (Å²) in [6, 6.07) is 5.20. The quantitative estimate of drug-likeness (QED) is 0.808. The van der Waals surface area contributed by atoms with Gasteiger partial charge in [-0.1, -0.05) is 0 Å². The zero-order valence-corrected chi connectivity index (χ0v) is 7.87. The van der Waals surface area contributed by atoms with Gasteiger partial charge in [-0.05, 0) is 23.8 Å². The standard InChI is InChI=1S/C10H9N3O2/c14-10(15)9-3-6-13(12-9)7-8-1-4-11-5-2-8/h1-6H,7H2,(H,14,15). The van der Waals surface area contributed by atoms with Crippen molar-refractivity contribution in [2.75, 3.05) is 0 Å². The van der Waals surface area contributed by atoms with E-state index in [1.165, 1.54) is 6.07 Å². The van der Waals surface area contributed by atoms with Crippen LogP contribution in [-0.2, 0) is 6.54 Å². The van der Waals surface area contributed by atoms with Crippen molar-refractivity contribution in [3.63, 3.8) is 0 Å². The Hall–Kier alpha value is -2.17. The number of hydrogen-bond donors (Lipinski definition) is 1. The smallest absolute Gasteiger partial charge is 0.356 e. The molecule has 76 valence electrons. The predicted molar refractivity (Wildman–Crippen MR) is 52.5 cm³/mol. The van der Waals surface area contributed by atoms with Crippen LogP contribution in [0.2, 0.25) is 0 Å². The molecule has 0 aliphatic heterocycles. The summed E-state index contributed by atoms with van der Waals surface area (Å²) in [4.78, 5) is 14.5. The van der Waals surface area contributed by atoms with Gasteiger partial charge < -0.3 is 5.11 Å². The molecule has 2 aromatic rings. The van der Waals surface area contributed by atoms with Crippen LogP contribution in [0.15, 0.2) is 36.8 Å². The molecule has 0 spiro atoms. The van der Waals surface area contributed by atoms with Crippen LogP contribution in [0.25, 0.3) is 0 Å². The van der Waals surface area contributed by atoms with E-state index in [9.17, 15) is 4.79 Å². The van der Waals surface area contributed by atoms with E-state index in [2.05, 4.69) is 10.1 Å². The van der Waals surface area contributed by atoms with Crippen LogP contribution in [0.1, 0.15) is 16.1 Å². The lowest BCUT2D eigenvalue weighted by Crippen LogP contribution is -2.03. The second-order valence-electron chi connectivity index (χ2n) is 3.06. The summed E-state index contributed by atoms with van der Waals surface area (Å²) < 4.78 is 1.58. The summed E-state index contributed by atoms with van der Waals surface area (Å²) in [5, 5.41) is 12.6. The fraction of sp³-hybridized carbons (Fsp3) is 0.100. The molecule has 0 aliphatic rings. The molecule has 0 saturated heterocycles. The summed E-state index contributed by atoms with van der Waals surface area (Å²) >= 11 is 0. The molecular weight excluding hydrogens is 194 g/mol. The number of carboxylic acid groups (broad SMARTS) is 1. The second kappa shape index (κ2) is 3.91. The molecule has 0 atom stereocenters. The molecule has 2 aromatic heterocycles. The molecule has 0 fully saturated rings. The molecule has 2 heterocycles. The Morgan fingerprint density at radius 3 is 2.67 bits per heavy atom. The summed E-state index contributed by atoms with van der Waals surface area (Å²) in [6.45, 7) is 0.551. The van der Waals surface area contributed by atoms with Crippen LogP contribution in [0.4, 0.5) is 0 Å². The van der Waals surface area contributed by atoms with Crippen molar-refractivity contribution >= 4 is 5.97 Å². The lowest BCUT2D eigenvalue weighted by Gasteiger charge is -2.00. The van der Waals surface area contributed by atoms with Crippen LogP contribution in [-0.4, -0.2) is 25.8 Å². The number of nitrogens with zero attached hydrogens (tertiary/aromatic N) is 3. The van der Waals surface area contributed by atoms with Crippen LogP contribution in [0.3, 0.4) is 0 Å². The minimum absolute atomic E-state index is 0.0593. The highest BCUT2D eigenvalue weighted by Gasteiger charge is 2.06. The third-order valence-electron chi connectivity index (χ3n) is 1.95. The Bertz CT molecular complexity index is 465. The molecule has 0 bridgehead atoms. The van der Waals surface area contributed by atoms with Crippen LogP contribution in [0, 0.1) is 0 Å². The van der Waals surface area contributed by atoms with Gasteiger partial charge >= 0.3 is 5.97 Å². The Kier molecular flexibility index (Phi) is 2.45. The number of aromatic carboxylic acids is 1. The maximum Gasteiger partial charge on any atom is 0.356 e. The topological polar surface area (TPSA) is 68.0 Å². The minimum atomic E-state index is -1.01. The highest BCUT2D eigenvalue weighted by Crippen LogP contribution is 2.01. The normalized spacial score (nSPS) is 10.1. The van der Waals surface area contributed by atoms with Crippen molar-refractivity contribution in [3.05, 3.63) is 48.0 Å². The first-order valence-corrected chi connectivity index (χ1v) is 4.41. The van der Waals surface area contributed by atoms with Crippen LogP contribution < -0.4 is 0 Å². The first-order valence-electron chi connectivity index (χ1n) is 4.41. The monoisotopic (exact) mass is 203 g/mol. The first-order chi connectivity index (χ1) is 7.25. The number of carboxylic acids is 1. The van der Waals surface area contributed by atoms with E-state index in [0.717, 1.165) is 5.56 Å². The van der Waals surface area contributed by atoms with E-state index in [0.29, 0.717) is 6.54 Å². The van der Waals surface area contributed by atoms with E-state index in [-0.39, 0.29) is 5.69 Å². The molecular formula is C10H9N3O2. The highest BCUT2D eigenvalue weighted by atomic mass is 16.4. The Morgan fingerprint density at radius 2 is 2.07 bits per heavy atom. The maximum atomic E-state index is 10.6. The molecule has 5 nitrogen and oxygen atoms in total. The second-order valence-corrected chi connectivity index (χ2v) is 3.06. The fourth-order valence-corrected chi connectivity index (χ4v) is 1.24. The predicted octanol–water partition coefficient (Wildman–Crippen LogP) is 1.02. The number of aromatic nitrogens is 3. The molecule has 0 aromatic carbocycles. The molecule has 15 heavy (non-hydrogen) atoms. The van der Waals surface area contributed by atoms with E-state index in [1.54, 1.807) is 23.3 Å². The SMILES string of the molecule is O=C(O)c1ccn(Cc2ccncc2)n1. The molecule has 0 saturated carbocycles. The Labute approximate surface area is 86.0 Å². The largest absolute Gasteiger partial charge is 0.476 e. The average Bonchev–Trinajstić information content (AvgIpc) is 2.68. The molecule has 1 N–H and O–H groups in total.